The van der Waals surface area contributed by atoms with Crippen LogP contribution in [0.5, 0.6) is 0 Å². The molecule has 0 spiro atoms. The van der Waals surface area contributed by atoms with Gasteiger partial charge in [0.1, 0.15) is 18.1 Å². The molecule has 0 saturated carbocycles. The molecule has 2 heterocycles. The molecule has 0 aliphatic carbocycles. The number of halogens is 1. The van der Waals surface area contributed by atoms with Crippen molar-refractivity contribution in [1.29, 1.82) is 0 Å². The number of carbonyl (C=O) groups is 3. The van der Waals surface area contributed by atoms with E-state index in [2.05, 4.69) is 27.9 Å². The van der Waals surface area contributed by atoms with E-state index in [1.165, 1.54) is 6.08 Å². The summed E-state index contributed by atoms with van der Waals surface area (Å²) in [7, 11) is 0. The molecule has 3 amide bonds. The van der Waals surface area contributed by atoms with E-state index >= 15 is 0 Å². The van der Waals surface area contributed by atoms with Gasteiger partial charge in [-0.15, -0.1) is 0 Å². The summed E-state index contributed by atoms with van der Waals surface area (Å²) in [4.78, 5) is 37.7. The summed E-state index contributed by atoms with van der Waals surface area (Å²) in [6, 6.07) is 10.7. The Hall–Kier alpha value is -2.07. The van der Waals surface area contributed by atoms with Crippen molar-refractivity contribution in [2.75, 3.05) is 11.9 Å². The van der Waals surface area contributed by atoms with Crippen LogP contribution in [0.15, 0.2) is 45.7 Å². The zero-order valence-electron chi connectivity index (χ0n) is 13.1. The van der Waals surface area contributed by atoms with Crippen molar-refractivity contribution in [2.45, 2.75) is 6.92 Å². The molecule has 0 unspecified atom stereocenters. The molecule has 1 aliphatic rings. The number of benzene rings is 1. The molecule has 1 N–H and O–H groups in total. The van der Waals surface area contributed by atoms with Crippen LogP contribution >= 0.6 is 34.4 Å². The van der Waals surface area contributed by atoms with E-state index in [4.69, 9.17) is 4.42 Å². The van der Waals surface area contributed by atoms with Gasteiger partial charge in [0, 0.05) is 15.3 Å². The number of furan rings is 1. The van der Waals surface area contributed by atoms with Crippen molar-refractivity contribution in [3.63, 3.8) is 0 Å². The summed E-state index contributed by atoms with van der Waals surface area (Å²) in [5.74, 6) is 0.272. The molecule has 0 bridgehead atoms. The SMILES string of the molecule is Cc1ccc(/C=C2/SC(=O)N(CC(=O)Nc3ccc(I)cc3)C2=O)o1. The Morgan fingerprint density at radius 2 is 1.96 bits per heavy atom. The average molecular weight is 468 g/mol. The van der Waals surface area contributed by atoms with Gasteiger partial charge in [-0.25, -0.2) is 0 Å². The standard InChI is InChI=1S/C17H13IN2O4S/c1-10-2-7-13(24-10)8-14-16(22)20(17(23)25-14)9-15(21)19-12-5-3-11(18)4-6-12/h2-8H,9H2,1H3,(H,19,21)/b14-8+. The van der Waals surface area contributed by atoms with E-state index in [1.54, 1.807) is 31.2 Å². The lowest BCUT2D eigenvalue weighted by Gasteiger charge is -2.12. The second-order valence-electron chi connectivity index (χ2n) is 5.27. The number of nitrogens with zero attached hydrogens (tertiary/aromatic N) is 1. The number of aryl methyl sites for hydroxylation is 1. The Bertz CT molecular complexity index is 873. The van der Waals surface area contributed by atoms with Crippen LogP contribution in [0.3, 0.4) is 0 Å². The number of nitrogens with one attached hydrogen (secondary N) is 1. The summed E-state index contributed by atoms with van der Waals surface area (Å²) in [5, 5.41) is 2.19. The molecule has 0 atom stereocenters. The zero-order chi connectivity index (χ0) is 18.0. The third-order valence-corrected chi connectivity index (χ3v) is 4.96. The maximum absolute atomic E-state index is 12.4. The van der Waals surface area contributed by atoms with Crippen molar-refractivity contribution >= 4 is 63.2 Å². The Kier molecular flexibility index (Phi) is 5.28. The van der Waals surface area contributed by atoms with Crippen LogP contribution in [0.2, 0.25) is 0 Å². The molecule has 6 nitrogen and oxygen atoms in total. The highest BCUT2D eigenvalue weighted by molar-refractivity contribution is 14.1. The number of hydrogen-bond donors (Lipinski definition) is 1. The number of imide groups is 1. The highest BCUT2D eigenvalue weighted by Crippen LogP contribution is 2.32. The number of hydrogen-bond acceptors (Lipinski definition) is 5. The molecule has 1 aromatic carbocycles. The predicted molar refractivity (Wildman–Crippen MR) is 104 cm³/mol. The van der Waals surface area contributed by atoms with E-state index in [-0.39, 0.29) is 11.4 Å². The Balaban J connectivity index is 1.67. The van der Waals surface area contributed by atoms with Crippen LogP contribution in [-0.4, -0.2) is 28.5 Å². The first-order chi connectivity index (χ1) is 11.9. The van der Waals surface area contributed by atoms with E-state index in [0.29, 0.717) is 17.2 Å². The van der Waals surface area contributed by atoms with Crippen molar-refractivity contribution in [3.8, 4) is 0 Å². The first-order valence-electron chi connectivity index (χ1n) is 7.29. The summed E-state index contributed by atoms with van der Waals surface area (Å²) in [5.41, 5.74) is 0.610. The molecule has 1 aromatic heterocycles. The molecule has 128 valence electrons. The van der Waals surface area contributed by atoms with E-state index < -0.39 is 17.1 Å². The fourth-order valence-corrected chi connectivity index (χ4v) is 3.35. The molecule has 1 aliphatic heterocycles. The van der Waals surface area contributed by atoms with Gasteiger partial charge in [0.25, 0.3) is 11.1 Å². The third-order valence-electron chi connectivity index (χ3n) is 3.34. The lowest BCUT2D eigenvalue weighted by molar-refractivity contribution is -0.127. The monoisotopic (exact) mass is 468 g/mol. The van der Waals surface area contributed by atoms with Gasteiger partial charge >= 0.3 is 0 Å². The molecular formula is C17H13IN2O4S. The average Bonchev–Trinajstić information content (AvgIpc) is 3.08. The maximum atomic E-state index is 12.4. The Labute approximate surface area is 161 Å². The van der Waals surface area contributed by atoms with Crippen molar-refractivity contribution < 1.29 is 18.8 Å². The second-order valence-corrected chi connectivity index (χ2v) is 7.51. The number of anilines is 1. The van der Waals surface area contributed by atoms with Crippen molar-refractivity contribution in [2.24, 2.45) is 0 Å². The molecule has 0 radical (unpaired) electrons. The minimum Gasteiger partial charge on any atom is -0.462 e. The van der Waals surface area contributed by atoms with Gasteiger partial charge < -0.3 is 9.73 Å². The minimum absolute atomic E-state index is 0.237. The Morgan fingerprint density at radius 3 is 2.60 bits per heavy atom. The third kappa shape index (κ3) is 4.31. The molecular weight excluding hydrogens is 455 g/mol. The van der Waals surface area contributed by atoms with Crippen LogP contribution in [0.4, 0.5) is 10.5 Å². The van der Waals surface area contributed by atoms with Crippen LogP contribution in [0, 0.1) is 10.5 Å². The van der Waals surface area contributed by atoms with Crippen molar-refractivity contribution in [3.05, 3.63) is 56.4 Å². The first kappa shape index (κ1) is 17.7. The van der Waals surface area contributed by atoms with Gasteiger partial charge in [-0.3, -0.25) is 19.3 Å². The number of amides is 3. The molecule has 2 aromatic rings. The zero-order valence-corrected chi connectivity index (χ0v) is 16.1. The summed E-state index contributed by atoms with van der Waals surface area (Å²) in [6.45, 7) is 1.46. The topological polar surface area (TPSA) is 79.6 Å². The molecule has 3 rings (SSSR count). The van der Waals surface area contributed by atoms with Gasteiger partial charge in [-0.05, 0) is 77.7 Å². The van der Waals surface area contributed by atoms with E-state index in [0.717, 1.165) is 20.2 Å². The van der Waals surface area contributed by atoms with Gasteiger partial charge in [0.2, 0.25) is 5.91 Å². The van der Waals surface area contributed by atoms with Gasteiger partial charge in [-0.2, -0.15) is 0 Å². The van der Waals surface area contributed by atoms with Gasteiger partial charge in [0.15, 0.2) is 0 Å². The van der Waals surface area contributed by atoms with Gasteiger partial charge in [0.05, 0.1) is 4.91 Å². The lowest BCUT2D eigenvalue weighted by atomic mass is 10.3. The van der Waals surface area contributed by atoms with Crippen LogP contribution in [-0.2, 0) is 9.59 Å². The minimum atomic E-state index is -0.498. The number of carbonyl (C=O) groups excluding carboxylic acids is 3. The fraction of sp³-hybridized carbons (Fsp3) is 0.118. The van der Waals surface area contributed by atoms with Crippen LogP contribution in [0.1, 0.15) is 11.5 Å². The van der Waals surface area contributed by atoms with Crippen LogP contribution in [0.25, 0.3) is 6.08 Å². The largest absolute Gasteiger partial charge is 0.462 e. The molecule has 8 heteroatoms. The second kappa shape index (κ2) is 7.44. The molecule has 25 heavy (non-hydrogen) atoms. The van der Waals surface area contributed by atoms with E-state index in [1.807, 2.05) is 12.1 Å². The summed E-state index contributed by atoms with van der Waals surface area (Å²) < 4.78 is 6.42. The lowest BCUT2D eigenvalue weighted by Crippen LogP contribution is -2.36. The predicted octanol–water partition coefficient (Wildman–Crippen LogP) is 3.87. The fourth-order valence-electron chi connectivity index (χ4n) is 2.17. The highest BCUT2D eigenvalue weighted by atomic mass is 127. The smallest absolute Gasteiger partial charge is 0.294 e. The number of rotatable bonds is 4. The highest BCUT2D eigenvalue weighted by Gasteiger charge is 2.36. The quantitative estimate of drug-likeness (QED) is 0.545. The maximum Gasteiger partial charge on any atom is 0.294 e. The summed E-state index contributed by atoms with van der Waals surface area (Å²) in [6.07, 6.45) is 1.51. The molecule has 1 fully saturated rings. The van der Waals surface area contributed by atoms with Crippen molar-refractivity contribution in [1.82, 2.24) is 4.90 Å². The van der Waals surface area contributed by atoms with Crippen LogP contribution < -0.4 is 5.32 Å². The van der Waals surface area contributed by atoms with E-state index in [9.17, 15) is 14.4 Å². The number of thioether (sulfide) groups is 1. The summed E-state index contributed by atoms with van der Waals surface area (Å²) >= 11 is 2.96. The van der Waals surface area contributed by atoms with Gasteiger partial charge in [-0.1, -0.05) is 0 Å². The normalized spacial score (nSPS) is 15.9. The molecule has 1 saturated heterocycles. The first-order valence-corrected chi connectivity index (χ1v) is 9.19. The Morgan fingerprint density at radius 1 is 1.24 bits per heavy atom.